The molecule has 0 unspecified atom stereocenters. The number of carboxylic acid groups (broad SMARTS) is 1. The minimum Gasteiger partial charge on any atom is -0.494 e. The molecule has 0 bridgehead atoms. The van der Waals surface area contributed by atoms with Crippen LogP contribution < -0.4 is 21.3 Å². The number of ether oxygens (including phenoxy) is 1. The van der Waals surface area contributed by atoms with Gasteiger partial charge in [0, 0.05) is 29.8 Å². The van der Waals surface area contributed by atoms with Gasteiger partial charge in [0.1, 0.15) is 5.82 Å². The van der Waals surface area contributed by atoms with E-state index < -0.39 is 58.7 Å². The van der Waals surface area contributed by atoms with E-state index in [0.29, 0.717) is 11.6 Å². The van der Waals surface area contributed by atoms with E-state index in [4.69, 9.17) is 9.84 Å². The third-order valence-corrected chi connectivity index (χ3v) is 7.41. The lowest BCUT2D eigenvalue weighted by Crippen LogP contribution is -2.47. The molecule has 4 rings (SSSR count). The normalized spacial score (nSPS) is 12.2. The van der Waals surface area contributed by atoms with Gasteiger partial charge in [-0.15, -0.1) is 0 Å². The van der Waals surface area contributed by atoms with Crippen LogP contribution in [0.5, 0.6) is 5.75 Å². The van der Waals surface area contributed by atoms with E-state index >= 15 is 8.78 Å². The van der Waals surface area contributed by atoms with E-state index in [-0.39, 0.29) is 48.5 Å². The van der Waals surface area contributed by atoms with Crippen LogP contribution in [0.25, 0.3) is 11.1 Å². The summed E-state index contributed by atoms with van der Waals surface area (Å²) in [4.78, 5) is 39.4. The molecule has 0 saturated carbocycles. The summed E-state index contributed by atoms with van der Waals surface area (Å²) in [7, 11) is 1.21. The van der Waals surface area contributed by atoms with Crippen molar-refractivity contribution in [3.8, 4) is 16.9 Å². The molecule has 0 saturated heterocycles. The van der Waals surface area contributed by atoms with Gasteiger partial charge in [-0.3, -0.25) is 18.7 Å². The maximum Gasteiger partial charge on any atom is 0.416 e. The van der Waals surface area contributed by atoms with Crippen LogP contribution in [0.15, 0.2) is 76.3 Å². The molecule has 4 aromatic rings. The summed E-state index contributed by atoms with van der Waals surface area (Å²) in [6.07, 6.45) is -4.86. The number of aliphatic carboxylic acids is 1. The van der Waals surface area contributed by atoms with Crippen molar-refractivity contribution >= 4 is 5.97 Å². The Morgan fingerprint density at radius 1 is 1.00 bits per heavy atom. The van der Waals surface area contributed by atoms with Gasteiger partial charge in [-0.2, -0.15) is 13.2 Å². The lowest BCUT2D eigenvalue weighted by atomic mass is 10.0. The van der Waals surface area contributed by atoms with Crippen molar-refractivity contribution in [3.05, 3.63) is 122 Å². The Bertz CT molecular complexity index is 1800. The van der Waals surface area contributed by atoms with Crippen molar-refractivity contribution in [2.45, 2.75) is 38.5 Å². The van der Waals surface area contributed by atoms with Gasteiger partial charge in [0.25, 0.3) is 5.56 Å². The Hall–Kier alpha value is -4.78. The molecule has 8 nitrogen and oxygen atoms in total. The van der Waals surface area contributed by atoms with Crippen LogP contribution in [0.2, 0.25) is 0 Å². The SMILES string of the molecule is COc1cccc(-c2c(C)n(Cc3c(F)cccc3C(F)(F)F)c(=O)n([C@@H](CNCCCC(=O)O)c3ccccc3)c2=O)c1F. The fourth-order valence-corrected chi connectivity index (χ4v) is 5.18. The van der Waals surface area contributed by atoms with Crippen LogP contribution in [0.4, 0.5) is 22.0 Å². The number of carboxylic acids is 1. The number of hydrogen-bond acceptors (Lipinski definition) is 5. The fraction of sp³-hybridized carbons (Fsp3) is 0.281. The highest BCUT2D eigenvalue weighted by Gasteiger charge is 2.35. The number of halogens is 5. The summed E-state index contributed by atoms with van der Waals surface area (Å²) < 4.78 is 79.2. The molecule has 0 spiro atoms. The maximum absolute atomic E-state index is 15.6. The smallest absolute Gasteiger partial charge is 0.416 e. The van der Waals surface area contributed by atoms with Crippen LogP contribution in [0, 0.1) is 18.6 Å². The van der Waals surface area contributed by atoms with Crippen LogP contribution in [-0.4, -0.2) is 40.4 Å². The number of carbonyl (C=O) groups is 1. The van der Waals surface area contributed by atoms with Crippen molar-refractivity contribution in [1.82, 2.24) is 14.5 Å². The second-order valence-corrected chi connectivity index (χ2v) is 10.2. The number of nitrogens with one attached hydrogen (secondary N) is 1. The van der Waals surface area contributed by atoms with Crippen LogP contribution in [0.1, 0.15) is 41.3 Å². The largest absolute Gasteiger partial charge is 0.494 e. The zero-order valence-electron chi connectivity index (χ0n) is 24.3. The summed E-state index contributed by atoms with van der Waals surface area (Å²) in [5.74, 6) is -3.39. The molecular formula is C32H30F5N3O5. The first-order valence-electron chi connectivity index (χ1n) is 13.9. The van der Waals surface area contributed by atoms with E-state index in [1.807, 2.05) is 0 Å². The van der Waals surface area contributed by atoms with Gasteiger partial charge in [0.2, 0.25) is 0 Å². The number of rotatable bonds is 12. The number of nitrogens with zero attached hydrogens (tertiary/aromatic N) is 2. The molecule has 0 aliphatic carbocycles. The second kappa shape index (κ2) is 13.9. The average molecular weight is 632 g/mol. The molecule has 2 N–H and O–H groups in total. The minimum atomic E-state index is -4.96. The molecule has 238 valence electrons. The predicted octanol–water partition coefficient (Wildman–Crippen LogP) is 5.38. The molecule has 45 heavy (non-hydrogen) atoms. The minimum absolute atomic E-state index is 0.0740. The third-order valence-electron chi connectivity index (χ3n) is 7.41. The second-order valence-electron chi connectivity index (χ2n) is 10.2. The van der Waals surface area contributed by atoms with Crippen molar-refractivity contribution in [2.75, 3.05) is 20.2 Å². The number of hydrogen-bond donors (Lipinski definition) is 2. The van der Waals surface area contributed by atoms with Crippen molar-refractivity contribution in [1.29, 1.82) is 0 Å². The number of benzene rings is 3. The Balaban J connectivity index is 2.02. The molecule has 1 heterocycles. The molecule has 0 amide bonds. The van der Waals surface area contributed by atoms with Crippen molar-refractivity contribution < 1.29 is 36.6 Å². The molecular weight excluding hydrogens is 601 g/mol. The summed E-state index contributed by atoms with van der Waals surface area (Å²) in [5, 5.41) is 12.0. The summed E-state index contributed by atoms with van der Waals surface area (Å²) in [6, 6.07) is 13.6. The molecule has 0 radical (unpaired) electrons. The Kier molecular flexibility index (Phi) is 10.2. The lowest BCUT2D eigenvalue weighted by Gasteiger charge is -2.25. The van der Waals surface area contributed by atoms with Crippen molar-refractivity contribution in [2.24, 2.45) is 0 Å². The van der Waals surface area contributed by atoms with Gasteiger partial charge in [0.15, 0.2) is 11.6 Å². The first kappa shape index (κ1) is 33.1. The van der Waals surface area contributed by atoms with E-state index in [2.05, 4.69) is 5.32 Å². The quantitative estimate of drug-likeness (QED) is 0.161. The number of aromatic nitrogens is 2. The molecule has 13 heteroatoms. The molecule has 0 aliphatic rings. The van der Waals surface area contributed by atoms with E-state index in [1.54, 1.807) is 30.3 Å². The van der Waals surface area contributed by atoms with E-state index in [0.717, 1.165) is 21.3 Å². The van der Waals surface area contributed by atoms with Gasteiger partial charge >= 0.3 is 17.8 Å². The van der Waals surface area contributed by atoms with Crippen LogP contribution in [0.3, 0.4) is 0 Å². The van der Waals surface area contributed by atoms with Gasteiger partial charge in [-0.25, -0.2) is 13.6 Å². The maximum atomic E-state index is 15.6. The summed E-state index contributed by atoms with van der Waals surface area (Å²) in [6.45, 7) is 0.483. The van der Waals surface area contributed by atoms with Gasteiger partial charge in [0.05, 0.1) is 30.8 Å². The average Bonchev–Trinajstić information content (AvgIpc) is 2.99. The Morgan fingerprint density at radius 2 is 1.69 bits per heavy atom. The molecule has 3 aromatic carbocycles. The van der Waals surface area contributed by atoms with Crippen molar-refractivity contribution in [3.63, 3.8) is 0 Å². The predicted molar refractivity (Wildman–Crippen MR) is 156 cm³/mol. The van der Waals surface area contributed by atoms with Crippen LogP contribution >= 0.6 is 0 Å². The monoisotopic (exact) mass is 631 g/mol. The molecule has 1 atom stereocenters. The zero-order valence-corrected chi connectivity index (χ0v) is 24.3. The molecule has 1 aromatic heterocycles. The topological polar surface area (TPSA) is 103 Å². The first-order chi connectivity index (χ1) is 21.4. The molecule has 0 fully saturated rings. The lowest BCUT2D eigenvalue weighted by molar-refractivity contribution is -0.138. The standard InChI is InChI=1S/C32H30F5N3O5/c1-19-28(21-11-6-14-26(45-2)29(21)34)30(43)40(25(20-9-4-3-5-10-20)17-38-16-8-15-27(41)42)31(44)39(19)18-22-23(32(35,36)37)12-7-13-24(22)33/h3-7,9-14,25,38H,8,15-18H2,1-2H3,(H,41,42)/t25-/m0/s1. The van der Waals surface area contributed by atoms with Crippen LogP contribution in [-0.2, 0) is 17.5 Å². The number of methoxy groups -OCH3 is 1. The van der Waals surface area contributed by atoms with Gasteiger partial charge < -0.3 is 15.2 Å². The van der Waals surface area contributed by atoms with E-state index in [1.165, 1.54) is 32.2 Å². The fourth-order valence-electron chi connectivity index (χ4n) is 5.18. The summed E-state index contributed by atoms with van der Waals surface area (Å²) in [5.41, 5.74) is -4.47. The third kappa shape index (κ3) is 7.14. The molecule has 0 aliphatic heterocycles. The van der Waals surface area contributed by atoms with E-state index in [9.17, 15) is 27.6 Å². The number of alkyl halides is 3. The summed E-state index contributed by atoms with van der Waals surface area (Å²) >= 11 is 0. The Labute approximate surface area is 254 Å². The zero-order chi connectivity index (χ0) is 32.9. The highest BCUT2D eigenvalue weighted by molar-refractivity contribution is 5.68. The highest BCUT2D eigenvalue weighted by Crippen LogP contribution is 2.34. The first-order valence-corrected chi connectivity index (χ1v) is 13.9. The highest BCUT2D eigenvalue weighted by atomic mass is 19.4. The Morgan fingerprint density at radius 3 is 2.33 bits per heavy atom. The van der Waals surface area contributed by atoms with Gasteiger partial charge in [-0.1, -0.05) is 48.5 Å². The van der Waals surface area contributed by atoms with Gasteiger partial charge in [-0.05, 0) is 43.7 Å².